The van der Waals surface area contributed by atoms with Gasteiger partial charge < -0.3 is 9.47 Å². The molecule has 0 unspecified atom stereocenters. The van der Waals surface area contributed by atoms with E-state index in [9.17, 15) is 4.79 Å². The molecule has 0 saturated heterocycles. The summed E-state index contributed by atoms with van der Waals surface area (Å²) >= 11 is 5.92. The van der Waals surface area contributed by atoms with Crippen molar-refractivity contribution in [2.75, 3.05) is 20.3 Å². The van der Waals surface area contributed by atoms with Crippen LogP contribution in [0, 0.1) is 0 Å². The van der Waals surface area contributed by atoms with E-state index < -0.39 is 0 Å². The summed E-state index contributed by atoms with van der Waals surface area (Å²) in [6, 6.07) is 4.95. The van der Waals surface area contributed by atoms with E-state index in [0.29, 0.717) is 22.9 Å². The molecule has 1 aromatic carbocycles. The minimum atomic E-state index is -0.0713. The minimum Gasteiger partial charge on any atom is -0.495 e. The number of ether oxygens (including phenoxy) is 2. The number of rotatable bonds is 6. The Kier molecular flexibility index (Phi) is 5.29. The van der Waals surface area contributed by atoms with Crippen LogP contribution in [0.1, 0.15) is 23.7 Å². The van der Waals surface area contributed by atoms with Crippen LogP contribution < -0.4 is 4.74 Å². The van der Waals surface area contributed by atoms with Crippen LogP contribution in [-0.2, 0) is 4.74 Å². The number of carbonyl (C=O) groups excluding carboxylic acids is 1. The van der Waals surface area contributed by atoms with Crippen LogP contribution >= 0.6 is 11.6 Å². The number of carbonyl (C=O) groups is 1. The van der Waals surface area contributed by atoms with Gasteiger partial charge in [0.15, 0.2) is 5.78 Å². The van der Waals surface area contributed by atoms with Gasteiger partial charge in [-0.1, -0.05) is 18.5 Å². The van der Waals surface area contributed by atoms with Gasteiger partial charge in [0.05, 0.1) is 12.1 Å². The molecule has 0 amide bonds. The lowest BCUT2D eigenvalue weighted by Crippen LogP contribution is -2.09. The molecule has 0 heterocycles. The van der Waals surface area contributed by atoms with Gasteiger partial charge in [-0.3, -0.25) is 4.79 Å². The summed E-state index contributed by atoms with van der Waals surface area (Å²) in [6.07, 6.45) is 0.899. The van der Waals surface area contributed by atoms with Crippen molar-refractivity contribution in [1.29, 1.82) is 0 Å². The molecule has 4 heteroatoms. The number of methoxy groups -OCH3 is 1. The van der Waals surface area contributed by atoms with Crippen molar-refractivity contribution < 1.29 is 14.3 Å². The molecule has 0 aliphatic rings. The van der Waals surface area contributed by atoms with Crippen LogP contribution in [0.25, 0.3) is 0 Å². The zero-order valence-electron chi connectivity index (χ0n) is 9.46. The number of hydrogen-bond acceptors (Lipinski definition) is 3. The SMILES string of the molecule is CCCOCC(=O)c1ccc(OC)c(Cl)c1. The molecule has 0 N–H and O–H groups in total. The van der Waals surface area contributed by atoms with Crippen molar-refractivity contribution in [2.45, 2.75) is 13.3 Å². The molecule has 0 aliphatic heterocycles. The Hall–Kier alpha value is -1.06. The van der Waals surface area contributed by atoms with Crippen LogP contribution in [0.4, 0.5) is 0 Å². The third-order valence-electron chi connectivity index (χ3n) is 2.06. The van der Waals surface area contributed by atoms with Gasteiger partial charge in [-0.15, -0.1) is 0 Å². The first-order chi connectivity index (χ1) is 7.69. The smallest absolute Gasteiger partial charge is 0.188 e. The van der Waals surface area contributed by atoms with Gasteiger partial charge in [-0.2, -0.15) is 0 Å². The molecule has 0 aliphatic carbocycles. The highest BCUT2D eigenvalue weighted by Crippen LogP contribution is 2.25. The quantitative estimate of drug-likeness (QED) is 0.568. The fraction of sp³-hybridized carbons (Fsp3) is 0.417. The number of halogens is 1. The van der Waals surface area contributed by atoms with E-state index in [4.69, 9.17) is 21.1 Å². The second kappa shape index (κ2) is 6.51. The number of Topliss-reactive ketones (excluding diaryl/α,β-unsaturated/α-hetero) is 1. The number of ketones is 1. The van der Waals surface area contributed by atoms with Gasteiger partial charge in [0.2, 0.25) is 0 Å². The Morgan fingerprint density at radius 2 is 2.19 bits per heavy atom. The van der Waals surface area contributed by atoms with Crippen molar-refractivity contribution in [2.24, 2.45) is 0 Å². The standard InChI is InChI=1S/C12H15ClO3/c1-3-6-16-8-11(14)9-4-5-12(15-2)10(13)7-9/h4-5,7H,3,6,8H2,1-2H3. The van der Waals surface area contributed by atoms with Crippen LogP contribution in [0.3, 0.4) is 0 Å². The van der Waals surface area contributed by atoms with Crippen molar-refractivity contribution in [3.8, 4) is 5.75 Å². The van der Waals surface area contributed by atoms with Gasteiger partial charge in [-0.05, 0) is 24.6 Å². The van der Waals surface area contributed by atoms with Gasteiger partial charge in [0.25, 0.3) is 0 Å². The first-order valence-corrected chi connectivity index (χ1v) is 5.51. The molecule has 1 rings (SSSR count). The molecular weight excluding hydrogens is 228 g/mol. The summed E-state index contributed by atoms with van der Waals surface area (Å²) < 4.78 is 10.2. The molecule has 0 saturated carbocycles. The first kappa shape index (κ1) is 13.0. The third kappa shape index (κ3) is 3.51. The largest absolute Gasteiger partial charge is 0.495 e. The molecule has 88 valence electrons. The van der Waals surface area contributed by atoms with Gasteiger partial charge >= 0.3 is 0 Å². The van der Waals surface area contributed by atoms with Crippen LogP contribution in [0.2, 0.25) is 5.02 Å². The lowest BCUT2D eigenvalue weighted by Gasteiger charge is -2.05. The zero-order chi connectivity index (χ0) is 12.0. The van der Waals surface area contributed by atoms with Crippen molar-refractivity contribution >= 4 is 17.4 Å². The number of hydrogen-bond donors (Lipinski definition) is 0. The predicted molar refractivity (Wildman–Crippen MR) is 63.4 cm³/mol. The molecule has 1 aromatic rings. The summed E-state index contributed by atoms with van der Waals surface area (Å²) in [5.41, 5.74) is 0.543. The second-order valence-corrected chi connectivity index (χ2v) is 3.73. The molecule has 16 heavy (non-hydrogen) atoms. The van der Waals surface area contributed by atoms with E-state index in [1.807, 2.05) is 6.92 Å². The third-order valence-corrected chi connectivity index (χ3v) is 2.35. The fourth-order valence-electron chi connectivity index (χ4n) is 1.23. The molecule has 0 atom stereocenters. The highest BCUT2D eigenvalue weighted by Gasteiger charge is 2.08. The van der Waals surface area contributed by atoms with E-state index in [1.54, 1.807) is 18.2 Å². The molecule has 0 spiro atoms. The Morgan fingerprint density at radius 3 is 2.75 bits per heavy atom. The summed E-state index contributed by atoms with van der Waals surface area (Å²) in [6.45, 7) is 2.68. The van der Waals surface area contributed by atoms with Crippen LogP contribution in [-0.4, -0.2) is 26.1 Å². The molecule has 0 radical (unpaired) electrons. The summed E-state index contributed by atoms with van der Waals surface area (Å²) in [5, 5.41) is 0.434. The molecule has 0 fully saturated rings. The molecule has 0 bridgehead atoms. The maximum absolute atomic E-state index is 11.6. The summed E-state index contributed by atoms with van der Waals surface area (Å²) in [7, 11) is 1.53. The normalized spacial score (nSPS) is 10.2. The maximum atomic E-state index is 11.6. The van der Waals surface area contributed by atoms with E-state index in [-0.39, 0.29) is 12.4 Å². The van der Waals surface area contributed by atoms with E-state index in [2.05, 4.69) is 0 Å². The Balaban J connectivity index is 2.66. The van der Waals surface area contributed by atoms with E-state index in [1.165, 1.54) is 7.11 Å². The van der Waals surface area contributed by atoms with Crippen LogP contribution in [0.5, 0.6) is 5.75 Å². The average molecular weight is 243 g/mol. The second-order valence-electron chi connectivity index (χ2n) is 3.33. The van der Waals surface area contributed by atoms with Gasteiger partial charge in [0, 0.05) is 12.2 Å². The Morgan fingerprint density at radius 1 is 1.44 bits per heavy atom. The molecule has 0 aromatic heterocycles. The van der Waals surface area contributed by atoms with Crippen molar-refractivity contribution in [3.63, 3.8) is 0 Å². The highest BCUT2D eigenvalue weighted by molar-refractivity contribution is 6.32. The van der Waals surface area contributed by atoms with Gasteiger partial charge in [0.1, 0.15) is 12.4 Å². The Labute approximate surface area is 100 Å². The summed E-state index contributed by atoms with van der Waals surface area (Å²) in [4.78, 5) is 11.6. The minimum absolute atomic E-state index is 0.0713. The molecule has 3 nitrogen and oxygen atoms in total. The van der Waals surface area contributed by atoms with E-state index in [0.717, 1.165) is 6.42 Å². The lowest BCUT2D eigenvalue weighted by atomic mass is 10.1. The monoisotopic (exact) mass is 242 g/mol. The number of benzene rings is 1. The average Bonchev–Trinajstić information content (AvgIpc) is 2.29. The highest BCUT2D eigenvalue weighted by atomic mass is 35.5. The van der Waals surface area contributed by atoms with Crippen molar-refractivity contribution in [1.82, 2.24) is 0 Å². The summed E-state index contributed by atoms with van der Waals surface area (Å²) in [5.74, 6) is 0.491. The topological polar surface area (TPSA) is 35.5 Å². The van der Waals surface area contributed by atoms with E-state index >= 15 is 0 Å². The fourth-order valence-corrected chi connectivity index (χ4v) is 1.49. The first-order valence-electron chi connectivity index (χ1n) is 5.13. The van der Waals surface area contributed by atoms with Gasteiger partial charge in [-0.25, -0.2) is 0 Å². The maximum Gasteiger partial charge on any atom is 0.188 e. The van der Waals surface area contributed by atoms with Crippen LogP contribution in [0.15, 0.2) is 18.2 Å². The zero-order valence-corrected chi connectivity index (χ0v) is 10.2. The Bertz CT molecular complexity index is 363. The molecular formula is C12H15ClO3. The van der Waals surface area contributed by atoms with Crippen molar-refractivity contribution in [3.05, 3.63) is 28.8 Å². The predicted octanol–water partition coefficient (Wildman–Crippen LogP) is 2.96. The lowest BCUT2D eigenvalue weighted by molar-refractivity contribution is 0.0761.